The summed E-state index contributed by atoms with van der Waals surface area (Å²) in [5, 5.41) is 15.2. The number of aryl methyl sites for hydroxylation is 1. The summed E-state index contributed by atoms with van der Waals surface area (Å²) in [5.74, 6) is -1.02. The summed E-state index contributed by atoms with van der Waals surface area (Å²) in [6.45, 7) is 3.60. The van der Waals surface area contributed by atoms with Crippen LogP contribution in [0.1, 0.15) is 40.1 Å². The van der Waals surface area contributed by atoms with Gasteiger partial charge < -0.3 is 15.2 Å². The van der Waals surface area contributed by atoms with Gasteiger partial charge in [-0.3, -0.25) is 5.32 Å². The van der Waals surface area contributed by atoms with E-state index in [-0.39, 0.29) is 29.8 Å². The number of hydrogen-bond donors (Lipinski definition) is 3. The summed E-state index contributed by atoms with van der Waals surface area (Å²) in [6, 6.07) is -0.334. The molecule has 0 aromatic carbocycles. The number of thiophene rings is 1. The van der Waals surface area contributed by atoms with Gasteiger partial charge in [-0.2, -0.15) is 0 Å². The predicted molar refractivity (Wildman–Crippen MR) is 79.2 cm³/mol. The molecule has 2 saturated heterocycles. The maximum Gasteiger partial charge on any atom is 0.338 e. The Morgan fingerprint density at radius 2 is 2.10 bits per heavy atom. The molecule has 1 aromatic heterocycles. The molecule has 0 radical (unpaired) electrons. The number of ether oxygens (including phenoxy) is 1. The van der Waals surface area contributed by atoms with Crippen LogP contribution in [0.2, 0.25) is 0 Å². The monoisotopic (exact) mass is 310 g/mol. The summed E-state index contributed by atoms with van der Waals surface area (Å²) in [6.07, 6.45) is 3.25. The predicted octanol–water partition coefficient (Wildman–Crippen LogP) is 2.50. The fourth-order valence-corrected chi connectivity index (χ4v) is 4.12. The molecule has 0 saturated carbocycles. The summed E-state index contributed by atoms with van der Waals surface area (Å²) in [5.41, 5.74) is 0.878. The molecule has 0 aliphatic carbocycles. The first-order chi connectivity index (χ1) is 9.95. The molecular weight excluding hydrogens is 292 g/mol. The smallest absolute Gasteiger partial charge is 0.338 e. The number of fused-ring (bicyclic) bond motifs is 2. The van der Waals surface area contributed by atoms with Gasteiger partial charge in [0, 0.05) is 4.88 Å². The molecule has 2 aliphatic heterocycles. The van der Waals surface area contributed by atoms with Crippen molar-refractivity contribution >= 4 is 28.3 Å². The van der Waals surface area contributed by atoms with Crippen molar-refractivity contribution in [2.75, 3.05) is 5.32 Å². The maximum atomic E-state index is 12.1. The lowest BCUT2D eigenvalue weighted by Crippen LogP contribution is -2.43. The van der Waals surface area contributed by atoms with E-state index in [2.05, 4.69) is 10.6 Å². The fourth-order valence-electron chi connectivity index (χ4n) is 3.07. The van der Waals surface area contributed by atoms with Crippen molar-refractivity contribution in [2.45, 2.75) is 51.4 Å². The molecule has 3 rings (SSSR count). The third-order valence-corrected chi connectivity index (χ3v) is 5.37. The number of anilines is 1. The van der Waals surface area contributed by atoms with Gasteiger partial charge in [0.05, 0.1) is 23.8 Å². The maximum absolute atomic E-state index is 12.1. The number of nitrogens with one attached hydrogen (secondary N) is 2. The van der Waals surface area contributed by atoms with Crippen molar-refractivity contribution in [2.24, 2.45) is 0 Å². The Balaban J connectivity index is 1.68. The average Bonchev–Trinajstić information content (AvgIpc) is 3.05. The number of aromatic carboxylic acids is 1. The van der Waals surface area contributed by atoms with Crippen LogP contribution in [0.5, 0.6) is 0 Å². The number of carboxylic acids is 1. The Morgan fingerprint density at radius 3 is 2.67 bits per heavy atom. The molecule has 6 nitrogen and oxygen atoms in total. The largest absolute Gasteiger partial charge is 0.478 e. The fraction of sp³-hybridized carbons (Fsp3) is 0.571. The standard InChI is InChI=1S/C14H18N2O4S/c1-6-7(2)21-12(11(6)13(17)18)16-14(19)15-9-5-8-3-4-10(9)20-8/h8-10H,3-5H2,1-2H3,(H,17,18)(H2,15,16,19). The van der Waals surface area contributed by atoms with Gasteiger partial charge in [-0.15, -0.1) is 11.3 Å². The van der Waals surface area contributed by atoms with Crippen molar-refractivity contribution in [3.05, 3.63) is 16.0 Å². The highest BCUT2D eigenvalue weighted by Crippen LogP contribution is 2.35. The van der Waals surface area contributed by atoms with E-state index < -0.39 is 5.97 Å². The summed E-state index contributed by atoms with van der Waals surface area (Å²) < 4.78 is 5.69. The minimum atomic E-state index is -1.02. The first-order valence-corrected chi connectivity index (χ1v) is 7.83. The molecule has 2 bridgehead atoms. The van der Waals surface area contributed by atoms with Crippen LogP contribution in [-0.4, -0.2) is 35.4 Å². The van der Waals surface area contributed by atoms with E-state index in [0.29, 0.717) is 10.6 Å². The zero-order chi connectivity index (χ0) is 15.1. The van der Waals surface area contributed by atoms with Gasteiger partial charge in [0.2, 0.25) is 0 Å². The SMILES string of the molecule is Cc1sc(NC(=O)NC2CC3CCC2O3)c(C(=O)O)c1C. The summed E-state index contributed by atoms with van der Waals surface area (Å²) >= 11 is 1.29. The Morgan fingerprint density at radius 1 is 1.33 bits per heavy atom. The van der Waals surface area contributed by atoms with E-state index in [1.807, 2.05) is 6.92 Å². The van der Waals surface area contributed by atoms with Gasteiger partial charge in [0.25, 0.3) is 0 Å². The number of hydrogen-bond acceptors (Lipinski definition) is 4. The molecule has 114 valence electrons. The van der Waals surface area contributed by atoms with E-state index >= 15 is 0 Å². The van der Waals surface area contributed by atoms with Gasteiger partial charge in [0.15, 0.2) is 0 Å². The van der Waals surface area contributed by atoms with Crippen LogP contribution in [0.15, 0.2) is 0 Å². The Hall–Kier alpha value is -1.60. The van der Waals surface area contributed by atoms with Crippen LogP contribution in [0.4, 0.5) is 9.80 Å². The van der Waals surface area contributed by atoms with Gasteiger partial charge in [-0.1, -0.05) is 0 Å². The van der Waals surface area contributed by atoms with Crippen LogP contribution < -0.4 is 10.6 Å². The lowest BCUT2D eigenvalue weighted by Gasteiger charge is -2.20. The third-order valence-electron chi connectivity index (χ3n) is 4.25. The number of rotatable bonds is 3. The van der Waals surface area contributed by atoms with Crippen molar-refractivity contribution in [3.63, 3.8) is 0 Å². The van der Waals surface area contributed by atoms with Crippen molar-refractivity contribution in [1.82, 2.24) is 5.32 Å². The molecule has 2 amide bonds. The van der Waals surface area contributed by atoms with E-state index in [4.69, 9.17) is 4.74 Å². The van der Waals surface area contributed by atoms with Gasteiger partial charge in [-0.05, 0) is 38.7 Å². The molecule has 3 heterocycles. The topological polar surface area (TPSA) is 87.7 Å². The second-order valence-electron chi connectivity index (χ2n) is 5.61. The molecule has 1 aromatic rings. The normalized spacial score (nSPS) is 26.9. The quantitative estimate of drug-likeness (QED) is 0.800. The molecular formula is C14H18N2O4S. The van der Waals surface area contributed by atoms with Crippen molar-refractivity contribution < 1.29 is 19.4 Å². The molecule has 21 heavy (non-hydrogen) atoms. The highest BCUT2D eigenvalue weighted by molar-refractivity contribution is 7.16. The lowest BCUT2D eigenvalue weighted by atomic mass is 9.96. The van der Waals surface area contributed by atoms with E-state index in [1.165, 1.54) is 11.3 Å². The number of urea groups is 1. The van der Waals surface area contributed by atoms with E-state index in [0.717, 1.165) is 24.1 Å². The zero-order valence-corrected chi connectivity index (χ0v) is 12.8. The Labute approximate surface area is 126 Å². The van der Waals surface area contributed by atoms with Crippen LogP contribution in [0.3, 0.4) is 0 Å². The molecule has 0 spiro atoms. The minimum absolute atomic E-state index is 0.0270. The Kier molecular flexibility index (Phi) is 3.62. The first-order valence-electron chi connectivity index (χ1n) is 7.02. The number of carbonyl (C=O) groups excluding carboxylic acids is 1. The molecule has 3 atom stereocenters. The zero-order valence-electron chi connectivity index (χ0n) is 11.9. The highest BCUT2D eigenvalue weighted by Gasteiger charge is 2.41. The molecule has 2 fully saturated rings. The first kappa shape index (κ1) is 14.3. The van der Waals surface area contributed by atoms with Gasteiger partial charge in [0.1, 0.15) is 5.00 Å². The average molecular weight is 310 g/mol. The van der Waals surface area contributed by atoms with E-state index in [9.17, 15) is 14.7 Å². The second-order valence-corrected chi connectivity index (χ2v) is 6.83. The van der Waals surface area contributed by atoms with Gasteiger partial charge in [-0.25, -0.2) is 9.59 Å². The molecule has 3 unspecified atom stereocenters. The van der Waals surface area contributed by atoms with Crippen LogP contribution in [0.25, 0.3) is 0 Å². The molecule has 2 aliphatic rings. The number of amides is 2. The van der Waals surface area contributed by atoms with Crippen LogP contribution in [-0.2, 0) is 4.74 Å². The highest BCUT2D eigenvalue weighted by atomic mass is 32.1. The van der Waals surface area contributed by atoms with Crippen LogP contribution in [0, 0.1) is 13.8 Å². The summed E-state index contributed by atoms with van der Waals surface area (Å²) in [7, 11) is 0. The number of carbonyl (C=O) groups is 2. The molecule has 3 N–H and O–H groups in total. The van der Waals surface area contributed by atoms with Crippen molar-refractivity contribution in [1.29, 1.82) is 0 Å². The van der Waals surface area contributed by atoms with Gasteiger partial charge >= 0.3 is 12.0 Å². The summed E-state index contributed by atoms with van der Waals surface area (Å²) in [4.78, 5) is 24.3. The number of carboxylic acid groups (broad SMARTS) is 1. The van der Waals surface area contributed by atoms with Crippen LogP contribution >= 0.6 is 11.3 Å². The minimum Gasteiger partial charge on any atom is -0.478 e. The molecule has 7 heteroatoms. The second kappa shape index (κ2) is 5.31. The van der Waals surface area contributed by atoms with Crippen molar-refractivity contribution in [3.8, 4) is 0 Å². The van der Waals surface area contributed by atoms with E-state index in [1.54, 1.807) is 6.92 Å². The lowest BCUT2D eigenvalue weighted by molar-refractivity contribution is 0.0697. The third kappa shape index (κ3) is 2.63. The Bertz CT molecular complexity index is 598.